The molecule has 0 saturated carbocycles. The lowest BCUT2D eigenvalue weighted by Crippen LogP contribution is -2.49. The van der Waals surface area contributed by atoms with Crippen LogP contribution in [0, 0.1) is 0 Å². The highest BCUT2D eigenvalue weighted by Gasteiger charge is 2.33. The molecule has 39 heavy (non-hydrogen) atoms. The number of aromatic amines is 1. The molecule has 1 saturated heterocycles. The van der Waals surface area contributed by atoms with Gasteiger partial charge in [0.15, 0.2) is 22.5 Å². The van der Waals surface area contributed by atoms with E-state index in [4.69, 9.17) is 19.2 Å². The number of pyridine rings is 1. The zero-order chi connectivity index (χ0) is 26.3. The zero-order valence-electron chi connectivity index (χ0n) is 21.2. The van der Waals surface area contributed by atoms with Crippen LogP contribution in [0.5, 0.6) is 11.5 Å². The maximum absolute atomic E-state index is 13.5. The first-order chi connectivity index (χ1) is 19.2. The Labute approximate surface area is 226 Å². The maximum Gasteiger partial charge on any atom is 0.253 e. The fraction of sp³-hybridized carbons (Fsp3) is 0.346. The number of benzene rings is 2. The third-order valence-electron chi connectivity index (χ3n) is 7.20. The van der Waals surface area contributed by atoms with Gasteiger partial charge in [-0.15, -0.1) is 5.10 Å². The summed E-state index contributed by atoms with van der Waals surface area (Å²) in [5.41, 5.74) is 2.08. The van der Waals surface area contributed by atoms with E-state index in [1.54, 1.807) is 29.2 Å². The molecule has 2 aliphatic heterocycles. The summed E-state index contributed by atoms with van der Waals surface area (Å²) in [5, 5.41) is 14.4. The van der Waals surface area contributed by atoms with Crippen molar-refractivity contribution in [3.63, 3.8) is 0 Å². The quantitative estimate of drug-likeness (QED) is 0.325. The summed E-state index contributed by atoms with van der Waals surface area (Å²) < 4.78 is 19.2. The normalized spacial score (nSPS) is 16.4. The summed E-state index contributed by atoms with van der Waals surface area (Å²) in [6.45, 7) is 4.03. The van der Waals surface area contributed by atoms with Crippen molar-refractivity contribution in [2.75, 3.05) is 51.6 Å². The van der Waals surface area contributed by atoms with Gasteiger partial charge in [-0.3, -0.25) is 9.69 Å². The van der Waals surface area contributed by atoms with Gasteiger partial charge in [-0.1, -0.05) is 23.5 Å². The van der Waals surface area contributed by atoms with E-state index in [9.17, 15) is 4.79 Å². The Balaban J connectivity index is 1.24. The van der Waals surface area contributed by atoms with Gasteiger partial charge in [0.1, 0.15) is 6.04 Å². The Kier molecular flexibility index (Phi) is 6.10. The molecule has 1 atom stereocenters. The first-order valence-electron chi connectivity index (χ1n) is 12.7. The van der Waals surface area contributed by atoms with Crippen LogP contribution in [0.1, 0.15) is 17.4 Å². The molecule has 7 rings (SSSR count). The van der Waals surface area contributed by atoms with Crippen molar-refractivity contribution in [2.45, 2.75) is 12.6 Å². The minimum atomic E-state index is -0.451. The second kappa shape index (κ2) is 9.91. The van der Waals surface area contributed by atoms with Crippen LogP contribution in [0.15, 0.2) is 47.3 Å². The summed E-state index contributed by atoms with van der Waals surface area (Å²) in [4.78, 5) is 26.0. The highest BCUT2D eigenvalue weighted by molar-refractivity contribution is 7.22. The fourth-order valence-corrected chi connectivity index (χ4v) is 6.24. The Bertz CT molecular complexity index is 1670. The first-order valence-corrected chi connectivity index (χ1v) is 13.6. The number of anilines is 1. The molecule has 0 spiro atoms. The number of piperazine rings is 1. The molecule has 2 aliphatic rings. The van der Waals surface area contributed by atoms with E-state index in [1.807, 2.05) is 30.3 Å². The topological polar surface area (TPSA) is 124 Å². The van der Waals surface area contributed by atoms with Crippen molar-refractivity contribution in [1.29, 1.82) is 0 Å². The number of aromatic nitrogens is 6. The molecular formula is C26H26N8O4S. The Morgan fingerprint density at radius 3 is 2.74 bits per heavy atom. The standard InChI is InChI=1S/C26H26N8O4S/c1-36-11-10-34-24(29-30-31-34)23(17-12-16-13-20-21(38-15-37-20)14-19(16)27-25(17)35)32-6-8-33(9-7-32)26-28-18-4-2-3-5-22(18)39-26/h2-5,12-14,23H,6-11,15H2,1H3,(H,27,35)/t23-/m0/s1. The van der Waals surface area contributed by atoms with E-state index in [1.165, 1.54) is 4.70 Å². The van der Waals surface area contributed by atoms with Crippen molar-refractivity contribution in [2.24, 2.45) is 0 Å². The Hall–Kier alpha value is -4.07. The number of tetrazole rings is 1. The molecule has 0 amide bonds. The van der Waals surface area contributed by atoms with E-state index >= 15 is 0 Å². The Morgan fingerprint density at radius 1 is 1.10 bits per heavy atom. The fourth-order valence-electron chi connectivity index (χ4n) is 5.23. The number of fused-ring (bicyclic) bond motifs is 3. The first kappa shape index (κ1) is 24.0. The summed E-state index contributed by atoms with van der Waals surface area (Å²) in [6, 6.07) is 13.3. The van der Waals surface area contributed by atoms with Crippen LogP contribution >= 0.6 is 11.3 Å². The molecule has 1 N–H and O–H groups in total. The van der Waals surface area contributed by atoms with Gasteiger partial charge in [0, 0.05) is 50.3 Å². The second-order valence-corrected chi connectivity index (χ2v) is 10.5. The average molecular weight is 547 g/mol. The van der Waals surface area contributed by atoms with E-state index < -0.39 is 6.04 Å². The van der Waals surface area contributed by atoms with Crippen molar-refractivity contribution in [3.05, 3.63) is 64.2 Å². The molecule has 0 aliphatic carbocycles. The van der Waals surface area contributed by atoms with Crippen LogP contribution in [0.4, 0.5) is 5.13 Å². The van der Waals surface area contributed by atoms with Crippen LogP contribution in [-0.2, 0) is 11.3 Å². The molecule has 12 nitrogen and oxygen atoms in total. The predicted molar refractivity (Wildman–Crippen MR) is 146 cm³/mol. The van der Waals surface area contributed by atoms with Gasteiger partial charge >= 0.3 is 0 Å². The lowest BCUT2D eigenvalue weighted by Gasteiger charge is -2.38. The van der Waals surface area contributed by atoms with Crippen LogP contribution in [0.2, 0.25) is 0 Å². The number of hydrogen-bond donors (Lipinski definition) is 1. The number of nitrogens with one attached hydrogen (secondary N) is 1. The monoisotopic (exact) mass is 546 g/mol. The van der Waals surface area contributed by atoms with Gasteiger partial charge < -0.3 is 24.1 Å². The molecule has 0 radical (unpaired) electrons. The summed E-state index contributed by atoms with van der Waals surface area (Å²) >= 11 is 1.70. The Morgan fingerprint density at radius 2 is 1.92 bits per heavy atom. The molecule has 13 heteroatoms. The van der Waals surface area contributed by atoms with Crippen LogP contribution in [0.3, 0.4) is 0 Å². The van der Waals surface area contributed by atoms with Crippen LogP contribution in [-0.4, -0.2) is 81.8 Å². The van der Waals surface area contributed by atoms with Crippen LogP contribution in [0.25, 0.3) is 21.1 Å². The third kappa shape index (κ3) is 4.37. The largest absolute Gasteiger partial charge is 0.454 e. The molecule has 0 unspecified atom stereocenters. The average Bonchev–Trinajstić information content (AvgIpc) is 3.71. The number of nitrogens with zero attached hydrogens (tertiary/aromatic N) is 7. The molecule has 2 aromatic carbocycles. The van der Waals surface area contributed by atoms with E-state index in [2.05, 4.69) is 36.4 Å². The summed E-state index contributed by atoms with van der Waals surface area (Å²) in [5.74, 6) is 1.88. The van der Waals surface area contributed by atoms with Crippen molar-refractivity contribution >= 4 is 37.6 Å². The molecule has 5 aromatic rings. The molecule has 5 heterocycles. The second-order valence-electron chi connectivity index (χ2n) is 9.49. The molecule has 1 fully saturated rings. The van der Waals surface area contributed by atoms with E-state index in [0.717, 1.165) is 29.1 Å². The maximum atomic E-state index is 13.5. The number of rotatable bonds is 7. The minimum Gasteiger partial charge on any atom is -0.454 e. The van der Waals surface area contributed by atoms with Gasteiger partial charge in [0.2, 0.25) is 6.79 Å². The molecular weight excluding hydrogens is 520 g/mol. The van der Waals surface area contributed by atoms with Crippen molar-refractivity contribution < 1.29 is 14.2 Å². The van der Waals surface area contributed by atoms with Gasteiger partial charge in [-0.2, -0.15) is 0 Å². The number of methoxy groups -OCH3 is 1. The number of thiazole rings is 1. The predicted octanol–water partition coefficient (Wildman–Crippen LogP) is 2.41. The van der Waals surface area contributed by atoms with Crippen molar-refractivity contribution in [1.82, 2.24) is 35.1 Å². The lowest BCUT2D eigenvalue weighted by atomic mass is 10.0. The number of hydrogen-bond acceptors (Lipinski definition) is 11. The summed E-state index contributed by atoms with van der Waals surface area (Å²) in [6.07, 6.45) is 0. The zero-order valence-corrected chi connectivity index (χ0v) is 22.1. The van der Waals surface area contributed by atoms with Gasteiger partial charge in [-0.25, -0.2) is 9.67 Å². The SMILES string of the molecule is COCCn1nnnc1[C@H](c1cc2cc3c(cc2[nH]c1=O)OCO3)N1CCN(c2nc3ccccc3s2)CC1. The third-order valence-corrected chi connectivity index (χ3v) is 8.30. The smallest absolute Gasteiger partial charge is 0.253 e. The van der Waals surface area contributed by atoms with E-state index in [0.29, 0.717) is 54.6 Å². The number of ether oxygens (including phenoxy) is 3. The highest BCUT2D eigenvalue weighted by Crippen LogP contribution is 2.37. The number of para-hydroxylation sites is 1. The van der Waals surface area contributed by atoms with Gasteiger partial charge in [0.05, 0.1) is 28.9 Å². The highest BCUT2D eigenvalue weighted by atomic mass is 32.1. The molecule has 200 valence electrons. The number of H-pyrrole nitrogens is 1. The van der Waals surface area contributed by atoms with Crippen molar-refractivity contribution in [3.8, 4) is 11.5 Å². The lowest BCUT2D eigenvalue weighted by molar-refractivity contribution is 0.171. The summed E-state index contributed by atoms with van der Waals surface area (Å²) in [7, 11) is 1.64. The van der Waals surface area contributed by atoms with Gasteiger partial charge in [-0.05, 0) is 34.7 Å². The molecule has 0 bridgehead atoms. The van der Waals surface area contributed by atoms with Crippen LogP contribution < -0.4 is 19.9 Å². The van der Waals surface area contributed by atoms with E-state index in [-0.39, 0.29) is 12.4 Å². The molecule has 3 aromatic heterocycles. The minimum absolute atomic E-state index is 0.165. The van der Waals surface area contributed by atoms with Gasteiger partial charge in [0.25, 0.3) is 5.56 Å².